The van der Waals surface area contributed by atoms with Crippen molar-refractivity contribution in [3.8, 4) is 0 Å². The molecule has 2 atom stereocenters. The van der Waals surface area contributed by atoms with Gasteiger partial charge >= 0.3 is 0 Å². The highest BCUT2D eigenvalue weighted by molar-refractivity contribution is 9.10. The predicted molar refractivity (Wildman–Crippen MR) is 83.7 cm³/mol. The van der Waals surface area contributed by atoms with Gasteiger partial charge in [0.05, 0.1) is 5.54 Å². The van der Waals surface area contributed by atoms with Crippen LogP contribution < -0.4 is 0 Å². The smallest absolute Gasteiger partial charge is 0.0713 e. The summed E-state index contributed by atoms with van der Waals surface area (Å²) in [4.78, 5) is 6.89. The maximum atomic E-state index is 4.37. The molecule has 3 heterocycles. The van der Waals surface area contributed by atoms with E-state index in [-0.39, 0.29) is 11.1 Å². The third-order valence-corrected chi connectivity index (χ3v) is 5.96. The summed E-state index contributed by atoms with van der Waals surface area (Å²) < 4.78 is 1.15. The molecule has 20 heavy (non-hydrogen) atoms. The molecule has 102 valence electrons. The minimum Gasteiger partial charge on any atom is -0.283 e. The Morgan fingerprint density at radius 2 is 1.95 bits per heavy atom. The number of rotatable bonds is 0. The topological polar surface area (TPSA) is 16.1 Å². The van der Waals surface area contributed by atoms with Crippen molar-refractivity contribution >= 4 is 15.9 Å². The summed E-state index contributed by atoms with van der Waals surface area (Å²) in [5, 5.41) is 0. The van der Waals surface area contributed by atoms with Crippen LogP contribution in [0.5, 0.6) is 0 Å². The van der Waals surface area contributed by atoms with Gasteiger partial charge in [0.15, 0.2) is 0 Å². The Kier molecular flexibility index (Phi) is 2.33. The van der Waals surface area contributed by atoms with E-state index >= 15 is 0 Å². The normalized spacial score (nSPS) is 31.0. The SMILES string of the molecule is CN1C2(C)Cc3ccncc3C1(C)c1cc(Br)ccc12. The fourth-order valence-electron chi connectivity index (χ4n) is 4.17. The van der Waals surface area contributed by atoms with Crippen LogP contribution in [0.15, 0.2) is 41.1 Å². The molecule has 2 aliphatic rings. The lowest BCUT2D eigenvalue weighted by molar-refractivity contribution is 0.0572. The molecule has 0 spiro atoms. The van der Waals surface area contributed by atoms with E-state index in [1.807, 2.05) is 12.4 Å². The fraction of sp³-hybridized carbons (Fsp3) is 0.353. The highest BCUT2D eigenvalue weighted by Gasteiger charge is 2.56. The van der Waals surface area contributed by atoms with Crippen molar-refractivity contribution < 1.29 is 0 Å². The molecule has 2 aliphatic heterocycles. The van der Waals surface area contributed by atoms with Crippen LogP contribution in [0.3, 0.4) is 0 Å². The van der Waals surface area contributed by atoms with Gasteiger partial charge in [-0.15, -0.1) is 0 Å². The molecule has 2 nitrogen and oxygen atoms in total. The fourth-order valence-corrected chi connectivity index (χ4v) is 4.53. The lowest BCUT2D eigenvalue weighted by Crippen LogP contribution is -2.51. The van der Waals surface area contributed by atoms with Crippen LogP contribution in [0.1, 0.15) is 36.1 Å². The van der Waals surface area contributed by atoms with Crippen molar-refractivity contribution in [1.29, 1.82) is 0 Å². The summed E-state index contributed by atoms with van der Waals surface area (Å²) in [7, 11) is 2.24. The van der Waals surface area contributed by atoms with E-state index in [2.05, 4.69) is 71.0 Å². The monoisotopic (exact) mass is 328 g/mol. The van der Waals surface area contributed by atoms with Gasteiger partial charge in [-0.25, -0.2) is 0 Å². The van der Waals surface area contributed by atoms with Crippen molar-refractivity contribution in [2.24, 2.45) is 0 Å². The van der Waals surface area contributed by atoms with Gasteiger partial charge in [-0.3, -0.25) is 9.88 Å². The van der Waals surface area contributed by atoms with Crippen molar-refractivity contribution in [2.75, 3.05) is 7.05 Å². The Bertz CT molecular complexity index is 727. The summed E-state index contributed by atoms with van der Waals surface area (Å²) in [5.74, 6) is 0. The maximum Gasteiger partial charge on any atom is 0.0713 e. The predicted octanol–water partition coefficient (Wildman–Crippen LogP) is 3.82. The molecule has 0 aliphatic carbocycles. The second-order valence-corrected chi connectivity index (χ2v) is 7.22. The molecule has 2 bridgehead atoms. The van der Waals surface area contributed by atoms with Gasteiger partial charge in [-0.05, 0) is 67.8 Å². The highest BCUT2D eigenvalue weighted by atomic mass is 79.9. The molecule has 0 N–H and O–H groups in total. The van der Waals surface area contributed by atoms with Crippen LogP contribution in [0.25, 0.3) is 0 Å². The molecule has 0 radical (unpaired) electrons. The van der Waals surface area contributed by atoms with E-state index < -0.39 is 0 Å². The van der Waals surface area contributed by atoms with Crippen molar-refractivity contribution in [3.63, 3.8) is 0 Å². The molecule has 0 saturated heterocycles. The molecule has 0 amide bonds. The summed E-state index contributed by atoms with van der Waals surface area (Å²) in [6.45, 7) is 4.68. The van der Waals surface area contributed by atoms with Gasteiger partial charge in [0.2, 0.25) is 0 Å². The zero-order valence-corrected chi connectivity index (χ0v) is 13.5. The Balaban J connectivity index is 2.12. The van der Waals surface area contributed by atoms with E-state index in [4.69, 9.17) is 0 Å². The molecular weight excluding hydrogens is 312 g/mol. The van der Waals surface area contributed by atoms with Crippen LogP contribution in [-0.2, 0) is 17.5 Å². The number of hydrogen-bond acceptors (Lipinski definition) is 2. The Labute approximate surface area is 128 Å². The lowest BCUT2D eigenvalue weighted by atomic mass is 9.79. The molecule has 2 unspecified atom stereocenters. The number of hydrogen-bond donors (Lipinski definition) is 0. The van der Waals surface area contributed by atoms with Crippen molar-refractivity contribution in [2.45, 2.75) is 31.3 Å². The molecular formula is C17H17BrN2. The minimum atomic E-state index is -0.0876. The van der Waals surface area contributed by atoms with Crippen molar-refractivity contribution in [3.05, 3.63) is 63.4 Å². The number of nitrogens with zero attached hydrogens (tertiary/aromatic N) is 2. The van der Waals surface area contributed by atoms with Crippen LogP contribution in [0.4, 0.5) is 0 Å². The number of likely N-dealkylation sites (N-methyl/N-ethyl adjacent to an activating group) is 1. The Morgan fingerprint density at radius 1 is 1.15 bits per heavy atom. The third-order valence-electron chi connectivity index (χ3n) is 5.47. The molecule has 1 aromatic carbocycles. The van der Waals surface area contributed by atoms with E-state index in [0.717, 1.165) is 10.9 Å². The first-order valence-corrected chi connectivity index (χ1v) is 7.75. The van der Waals surface area contributed by atoms with E-state index in [9.17, 15) is 0 Å². The standard InChI is InChI=1S/C17H17BrN2/c1-16-9-11-6-7-19-10-15(11)17(2,20(16)3)14-8-12(18)4-5-13(14)16/h4-8,10H,9H2,1-3H3. The zero-order chi connectivity index (χ0) is 14.1. The number of benzene rings is 1. The van der Waals surface area contributed by atoms with Gasteiger partial charge in [0, 0.05) is 22.4 Å². The first-order valence-electron chi connectivity index (χ1n) is 6.96. The summed E-state index contributed by atoms with van der Waals surface area (Å²) in [5.41, 5.74) is 5.60. The number of halogens is 1. The average molecular weight is 329 g/mol. The Morgan fingerprint density at radius 3 is 2.75 bits per heavy atom. The first kappa shape index (κ1) is 12.5. The number of aromatic nitrogens is 1. The van der Waals surface area contributed by atoms with Crippen LogP contribution >= 0.6 is 15.9 Å². The van der Waals surface area contributed by atoms with Gasteiger partial charge in [-0.1, -0.05) is 22.0 Å². The second kappa shape index (κ2) is 3.71. The van der Waals surface area contributed by atoms with Crippen LogP contribution in [0.2, 0.25) is 0 Å². The molecule has 0 saturated carbocycles. The first-order chi connectivity index (χ1) is 9.48. The van der Waals surface area contributed by atoms with Gasteiger partial charge in [0.25, 0.3) is 0 Å². The molecule has 4 rings (SSSR count). The van der Waals surface area contributed by atoms with Gasteiger partial charge in [0.1, 0.15) is 0 Å². The maximum absolute atomic E-state index is 4.37. The van der Waals surface area contributed by atoms with Crippen LogP contribution in [0, 0.1) is 0 Å². The van der Waals surface area contributed by atoms with Crippen LogP contribution in [-0.4, -0.2) is 16.9 Å². The number of pyridine rings is 1. The summed E-state index contributed by atoms with van der Waals surface area (Å²) in [6, 6.07) is 8.89. The van der Waals surface area contributed by atoms with E-state index in [1.165, 1.54) is 22.3 Å². The van der Waals surface area contributed by atoms with Gasteiger partial charge in [-0.2, -0.15) is 0 Å². The number of fused-ring (bicyclic) bond motifs is 7. The minimum absolute atomic E-state index is 0.0686. The largest absolute Gasteiger partial charge is 0.283 e. The molecule has 2 aromatic rings. The molecule has 0 fully saturated rings. The van der Waals surface area contributed by atoms with E-state index in [0.29, 0.717) is 0 Å². The zero-order valence-electron chi connectivity index (χ0n) is 11.9. The summed E-state index contributed by atoms with van der Waals surface area (Å²) >= 11 is 3.63. The Hall–Kier alpha value is -1.19. The molecule has 3 heteroatoms. The quantitative estimate of drug-likeness (QED) is 0.730. The molecule has 1 aromatic heterocycles. The van der Waals surface area contributed by atoms with E-state index in [1.54, 1.807) is 0 Å². The van der Waals surface area contributed by atoms with Crippen molar-refractivity contribution in [1.82, 2.24) is 9.88 Å². The summed E-state index contributed by atoms with van der Waals surface area (Å²) in [6.07, 6.45) is 5.00. The van der Waals surface area contributed by atoms with Gasteiger partial charge < -0.3 is 0 Å². The second-order valence-electron chi connectivity index (χ2n) is 6.30. The third kappa shape index (κ3) is 1.26. The average Bonchev–Trinajstić information content (AvgIpc) is 2.54. The highest BCUT2D eigenvalue weighted by Crippen LogP contribution is 2.57. The lowest BCUT2D eigenvalue weighted by Gasteiger charge is -2.47.